The van der Waals surface area contributed by atoms with Crippen molar-refractivity contribution in [3.63, 3.8) is 0 Å². The molecule has 2 atom stereocenters. The summed E-state index contributed by atoms with van der Waals surface area (Å²) in [5.74, 6) is -0.363. The van der Waals surface area contributed by atoms with Gasteiger partial charge in [0.25, 0.3) is 0 Å². The second-order valence-corrected chi connectivity index (χ2v) is 5.04. The molecule has 0 saturated carbocycles. The summed E-state index contributed by atoms with van der Waals surface area (Å²) in [6, 6.07) is 2.07. The van der Waals surface area contributed by atoms with Crippen LogP contribution in [0.5, 0.6) is 0 Å². The summed E-state index contributed by atoms with van der Waals surface area (Å²) < 4.78 is 12.4. The summed E-state index contributed by atoms with van der Waals surface area (Å²) in [5, 5.41) is 9.93. The zero-order chi connectivity index (χ0) is 15.7. The van der Waals surface area contributed by atoms with Gasteiger partial charge in [-0.15, -0.1) is 0 Å². The number of esters is 1. The second kappa shape index (κ2) is 5.91. The van der Waals surface area contributed by atoms with E-state index in [0.29, 0.717) is 16.6 Å². The average Bonchev–Trinajstić information content (AvgIpc) is 3.09. The predicted octanol–water partition coefficient (Wildman–Crippen LogP) is 1.83. The Morgan fingerprint density at radius 1 is 1.55 bits per heavy atom. The number of nitriles is 1. The van der Waals surface area contributed by atoms with E-state index in [4.69, 9.17) is 21.1 Å². The van der Waals surface area contributed by atoms with Crippen molar-refractivity contribution < 1.29 is 14.3 Å². The minimum absolute atomic E-state index is 0.141. The highest BCUT2D eigenvalue weighted by Gasteiger charge is 2.30. The van der Waals surface area contributed by atoms with E-state index in [2.05, 4.69) is 16.0 Å². The van der Waals surface area contributed by atoms with Crippen LogP contribution < -0.4 is 0 Å². The summed E-state index contributed by atoms with van der Waals surface area (Å²) >= 11 is 6.04. The Morgan fingerprint density at radius 2 is 2.36 bits per heavy atom. The molecule has 0 bridgehead atoms. The van der Waals surface area contributed by atoms with E-state index in [0.717, 1.165) is 0 Å². The normalized spacial score (nSPS) is 21.0. The zero-order valence-corrected chi connectivity index (χ0v) is 12.3. The van der Waals surface area contributed by atoms with Gasteiger partial charge in [0, 0.05) is 26.0 Å². The van der Waals surface area contributed by atoms with Crippen LogP contribution in [0.25, 0.3) is 11.0 Å². The van der Waals surface area contributed by atoms with Gasteiger partial charge in [-0.25, -0.2) is 9.97 Å². The SMILES string of the molecule is CC(=O)OCC1[CH][CH][C@H](n2cc(C#N)c3c(Cl)ncnc32)O1. The van der Waals surface area contributed by atoms with E-state index in [1.165, 1.54) is 13.3 Å². The molecule has 7 nitrogen and oxygen atoms in total. The largest absolute Gasteiger partial charge is 0.463 e. The van der Waals surface area contributed by atoms with Crippen molar-refractivity contribution in [2.45, 2.75) is 19.3 Å². The molecule has 112 valence electrons. The van der Waals surface area contributed by atoms with Crippen LogP contribution in [0, 0.1) is 24.2 Å². The first-order chi connectivity index (χ1) is 10.6. The Kier molecular flexibility index (Phi) is 3.96. The molecule has 2 aromatic rings. The maximum absolute atomic E-state index is 10.8. The molecule has 0 N–H and O–H groups in total. The van der Waals surface area contributed by atoms with Gasteiger partial charge in [-0.1, -0.05) is 11.6 Å². The molecule has 3 heterocycles. The Balaban J connectivity index is 1.87. The first-order valence-corrected chi connectivity index (χ1v) is 6.86. The van der Waals surface area contributed by atoms with Crippen molar-refractivity contribution in [2.24, 2.45) is 0 Å². The summed E-state index contributed by atoms with van der Waals surface area (Å²) in [5.41, 5.74) is 0.889. The minimum Gasteiger partial charge on any atom is -0.463 e. The van der Waals surface area contributed by atoms with Gasteiger partial charge in [-0.05, 0) is 0 Å². The average molecular weight is 319 g/mol. The summed E-state index contributed by atoms with van der Waals surface area (Å²) in [4.78, 5) is 18.9. The van der Waals surface area contributed by atoms with Gasteiger partial charge in [-0.2, -0.15) is 5.26 Å². The topological polar surface area (TPSA) is 90.0 Å². The van der Waals surface area contributed by atoms with Gasteiger partial charge < -0.3 is 14.0 Å². The fourth-order valence-electron chi connectivity index (χ4n) is 2.27. The predicted molar refractivity (Wildman–Crippen MR) is 76.4 cm³/mol. The smallest absolute Gasteiger partial charge is 0.302 e. The standard InChI is InChI=1S/C14H11ClN4O3/c1-8(20)21-6-10-2-3-11(22-10)19-5-9(4-16)12-13(15)17-7-18-14(12)19/h2-3,5,7,10-11H,6H2,1H3/t10?,11-/m1/s1. The first kappa shape index (κ1) is 14.8. The van der Waals surface area contributed by atoms with Crippen LogP contribution in [0.3, 0.4) is 0 Å². The van der Waals surface area contributed by atoms with E-state index in [9.17, 15) is 10.1 Å². The van der Waals surface area contributed by atoms with Crippen molar-refractivity contribution in [2.75, 3.05) is 6.61 Å². The molecule has 2 radical (unpaired) electrons. The van der Waals surface area contributed by atoms with Crippen molar-refractivity contribution in [1.82, 2.24) is 14.5 Å². The maximum atomic E-state index is 10.8. The monoisotopic (exact) mass is 318 g/mol. The number of fused-ring (bicyclic) bond motifs is 1. The molecule has 0 spiro atoms. The molecule has 8 heteroatoms. The van der Waals surface area contributed by atoms with E-state index >= 15 is 0 Å². The van der Waals surface area contributed by atoms with Crippen LogP contribution in [0.4, 0.5) is 0 Å². The number of ether oxygens (including phenoxy) is 2. The number of aromatic nitrogens is 3. The van der Waals surface area contributed by atoms with Crippen LogP contribution in [-0.2, 0) is 14.3 Å². The van der Waals surface area contributed by atoms with Crippen LogP contribution in [0.15, 0.2) is 12.5 Å². The van der Waals surface area contributed by atoms with Crippen molar-refractivity contribution in [1.29, 1.82) is 5.26 Å². The Bertz CT molecular complexity index is 767. The van der Waals surface area contributed by atoms with Gasteiger partial charge in [0.2, 0.25) is 0 Å². The molecule has 22 heavy (non-hydrogen) atoms. The van der Waals surface area contributed by atoms with Crippen LogP contribution in [-0.4, -0.2) is 33.2 Å². The van der Waals surface area contributed by atoms with Gasteiger partial charge >= 0.3 is 5.97 Å². The van der Waals surface area contributed by atoms with E-state index in [-0.39, 0.29) is 23.8 Å². The molecule has 1 fully saturated rings. The third-order valence-electron chi connectivity index (χ3n) is 3.21. The molecule has 1 aliphatic rings. The molecule has 1 aliphatic heterocycles. The van der Waals surface area contributed by atoms with E-state index in [1.807, 2.05) is 6.42 Å². The minimum atomic E-state index is -0.448. The number of hydrogen-bond acceptors (Lipinski definition) is 6. The van der Waals surface area contributed by atoms with Gasteiger partial charge in [0.1, 0.15) is 36.0 Å². The lowest BCUT2D eigenvalue weighted by molar-refractivity contribution is -0.144. The fraction of sp³-hybridized carbons (Fsp3) is 0.286. The highest BCUT2D eigenvalue weighted by molar-refractivity contribution is 6.34. The van der Waals surface area contributed by atoms with Crippen molar-refractivity contribution >= 4 is 28.6 Å². The van der Waals surface area contributed by atoms with Gasteiger partial charge in [0.15, 0.2) is 0 Å². The third-order valence-corrected chi connectivity index (χ3v) is 3.50. The number of hydrogen-bond donors (Lipinski definition) is 0. The fourth-order valence-corrected chi connectivity index (χ4v) is 2.50. The molecule has 3 rings (SSSR count). The highest BCUT2D eigenvalue weighted by atomic mass is 35.5. The van der Waals surface area contributed by atoms with Gasteiger partial charge in [-0.3, -0.25) is 4.79 Å². The third kappa shape index (κ3) is 2.63. The van der Waals surface area contributed by atoms with E-state index < -0.39 is 6.23 Å². The lowest BCUT2D eigenvalue weighted by Gasteiger charge is -2.15. The van der Waals surface area contributed by atoms with Gasteiger partial charge in [0.05, 0.1) is 17.1 Å². The molecule has 1 unspecified atom stereocenters. The van der Waals surface area contributed by atoms with Crippen LogP contribution >= 0.6 is 11.6 Å². The molecular formula is C14H11ClN4O3. The molecular weight excluding hydrogens is 308 g/mol. The number of halogens is 1. The summed E-state index contributed by atoms with van der Waals surface area (Å²) in [7, 11) is 0. The Hall–Kier alpha value is -2.17. The highest BCUT2D eigenvalue weighted by Crippen LogP contribution is 2.33. The second-order valence-electron chi connectivity index (χ2n) is 4.68. The quantitative estimate of drug-likeness (QED) is 0.633. The Morgan fingerprint density at radius 3 is 3.09 bits per heavy atom. The maximum Gasteiger partial charge on any atom is 0.302 e. The van der Waals surface area contributed by atoms with Crippen LogP contribution in [0.2, 0.25) is 5.15 Å². The molecule has 0 amide bonds. The lowest BCUT2D eigenvalue weighted by atomic mass is 10.2. The molecule has 2 aromatic heterocycles. The Labute approximate surface area is 131 Å². The zero-order valence-electron chi connectivity index (χ0n) is 11.6. The van der Waals surface area contributed by atoms with Crippen LogP contribution in [0.1, 0.15) is 18.7 Å². The number of nitrogens with zero attached hydrogens (tertiary/aromatic N) is 4. The lowest BCUT2D eigenvalue weighted by Crippen LogP contribution is -2.18. The summed E-state index contributed by atoms with van der Waals surface area (Å²) in [6.45, 7) is 1.48. The molecule has 1 saturated heterocycles. The first-order valence-electron chi connectivity index (χ1n) is 6.48. The summed E-state index contributed by atoms with van der Waals surface area (Å²) in [6.07, 6.45) is 5.77. The van der Waals surface area contributed by atoms with Crippen molar-refractivity contribution in [3.8, 4) is 6.07 Å². The van der Waals surface area contributed by atoms with Crippen molar-refractivity contribution in [3.05, 3.63) is 36.1 Å². The number of rotatable bonds is 3. The number of carbonyl (C=O) groups excluding carboxylic acids is 1. The van der Waals surface area contributed by atoms with E-state index in [1.54, 1.807) is 17.2 Å². The number of carbonyl (C=O) groups is 1. The molecule has 0 aromatic carbocycles. The molecule has 0 aliphatic carbocycles.